The summed E-state index contributed by atoms with van der Waals surface area (Å²) in [5, 5.41) is 96.9. The molecule has 0 aromatic heterocycles. The third-order valence-corrected chi connectivity index (χ3v) is 14.5. The van der Waals surface area contributed by atoms with E-state index in [0.717, 1.165) is 18.4 Å². The van der Waals surface area contributed by atoms with Gasteiger partial charge in [-0.15, -0.1) is 0 Å². The highest BCUT2D eigenvalue weighted by Gasteiger charge is 2.72. The molecule has 0 bridgehead atoms. The topological polar surface area (TPSA) is 201 Å². The smallest absolute Gasteiger partial charge is 0.186 e. The van der Waals surface area contributed by atoms with Gasteiger partial charge in [-0.3, -0.25) is 0 Å². The van der Waals surface area contributed by atoms with Gasteiger partial charge in [0.25, 0.3) is 0 Å². The maximum absolute atomic E-state index is 12.1. The third-order valence-electron chi connectivity index (χ3n) is 14.5. The molecule has 5 fully saturated rings. The molecule has 5 rings (SSSR count). The number of ether oxygens (including phenoxy) is 2. The number of rotatable bonds is 7. The highest BCUT2D eigenvalue weighted by atomic mass is 16.7. The van der Waals surface area contributed by atoms with Crippen molar-refractivity contribution in [2.75, 3.05) is 6.61 Å². The molecule has 17 atom stereocenters. The average molecular weight is 671 g/mol. The van der Waals surface area contributed by atoms with Gasteiger partial charge in [-0.1, -0.05) is 46.3 Å². The van der Waals surface area contributed by atoms with E-state index >= 15 is 0 Å². The molecule has 4 saturated carbocycles. The van der Waals surface area contributed by atoms with Crippen molar-refractivity contribution in [3.05, 3.63) is 11.6 Å². The van der Waals surface area contributed by atoms with Gasteiger partial charge in [0.15, 0.2) is 6.29 Å². The molecule has 11 nitrogen and oxygen atoms in total. The highest BCUT2D eigenvalue weighted by molar-refractivity contribution is 5.24. The van der Waals surface area contributed by atoms with Gasteiger partial charge in [0, 0.05) is 0 Å². The first-order chi connectivity index (χ1) is 21.6. The first-order valence-electron chi connectivity index (χ1n) is 17.6. The largest absolute Gasteiger partial charge is 0.394 e. The lowest BCUT2D eigenvalue weighted by Gasteiger charge is -2.72. The maximum Gasteiger partial charge on any atom is 0.186 e. The summed E-state index contributed by atoms with van der Waals surface area (Å²) in [7, 11) is 0. The predicted octanol–water partition coefficient (Wildman–Crippen LogP) is 1.24. The number of hydrogen-bond donors (Lipinski definition) is 9. The second-order valence-corrected chi connectivity index (χ2v) is 17.8. The summed E-state index contributed by atoms with van der Waals surface area (Å²) in [6.45, 7) is 15.1. The average Bonchev–Trinajstić information content (AvgIpc) is 3.35. The molecule has 0 aromatic rings. The zero-order chi connectivity index (χ0) is 35.2. The lowest BCUT2D eigenvalue weighted by Crippen LogP contribution is -2.70. The zero-order valence-corrected chi connectivity index (χ0v) is 29.5. The van der Waals surface area contributed by atoms with Crippen LogP contribution < -0.4 is 0 Å². The molecule has 1 heterocycles. The maximum atomic E-state index is 12.1. The van der Waals surface area contributed by atoms with Crippen molar-refractivity contribution in [1.29, 1.82) is 0 Å². The number of aliphatic hydroxyl groups is 9. The van der Waals surface area contributed by atoms with E-state index < -0.39 is 78.8 Å². The molecule has 0 amide bonds. The Bertz CT molecular complexity index is 1170. The Kier molecular flexibility index (Phi) is 10.00. The predicted molar refractivity (Wildman–Crippen MR) is 172 cm³/mol. The van der Waals surface area contributed by atoms with E-state index in [9.17, 15) is 46.0 Å². The Morgan fingerprint density at radius 2 is 1.57 bits per heavy atom. The van der Waals surface area contributed by atoms with Crippen molar-refractivity contribution in [3.8, 4) is 0 Å². The van der Waals surface area contributed by atoms with Crippen LogP contribution in [0, 0.1) is 45.3 Å². The van der Waals surface area contributed by atoms with Crippen LogP contribution >= 0.6 is 0 Å². The molecule has 4 aliphatic carbocycles. The highest BCUT2D eigenvalue weighted by Crippen LogP contribution is 2.76. The standard InChI is InChI=1S/C36H62O11/c1-17(13-20(39)30(44)33(4,5)45)18-9-12-35(7)25(18)19(38)14-23-34(6)11-10-24(40)32(2,3)29(34)21(15-36(23,35)8)46-31-28(43)27(42)26(41)22(16-37)47-31/h13,18-31,37-45H,9-12,14-16H2,1-8H3/b17-13+/t18-,19-,20-,21+,22-,23-,24+,25+,26-,27+,28-,29+,30+,31-,34-,35-,36-/m1/s1. The van der Waals surface area contributed by atoms with Crippen LogP contribution in [0.15, 0.2) is 11.6 Å². The quantitative estimate of drug-likeness (QED) is 0.139. The minimum atomic E-state index is -1.57. The molecular formula is C36H62O11. The summed E-state index contributed by atoms with van der Waals surface area (Å²) in [5.74, 6) is -0.338. The summed E-state index contributed by atoms with van der Waals surface area (Å²) < 4.78 is 12.6. The van der Waals surface area contributed by atoms with Crippen LogP contribution in [-0.4, -0.2) is 119 Å². The molecular weight excluding hydrogens is 608 g/mol. The molecule has 9 N–H and O–H groups in total. The second-order valence-electron chi connectivity index (χ2n) is 17.8. The van der Waals surface area contributed by atoms with E-state index in [4.69, 9.17) is 9.47 Å². The first kappa shape index (κ1) is 37.6. The first-order valence-corrected chi connectivity index (χ1v) is 17.6. The Morgan fingerprint density at radius 3 is 2.17 bits per heavy atom. The SMILES string of the molecule is C/C(=C\[C@@H](O)[C@H](O)C(C)(C)O)[C@H]1CC[C@]2(C)[C@@H]1[C@H](O)C[C@@H]1[C@@]3(C)CC[C@H](O)C(C)(C)[C@@H]3[C@@H](O[C@@H]3O[C@H](CO)[C@@H](O)[C@H](O)[C@H]3O)C[C@]12C. The molecule has 0 radical (unpaired) electrons. The molecule has 0 spiro atoms. The van der Waals surface area contributed by atoms with Crippen LogP contribution in [0.3, 0.4) is 0 Å². The van der Waals surface area contributed by atoms with Crippen molar-refractivity contribution < 1.29 is 55.4 Å². The molecule has 0 aromatic carbocycles. The van der Waals surface area contributed by atoms with Gasteiger partial charge in [-0.25, -0.2) is 0 Å². The van der Waals surface area contributed by atoms with E-state index in [1.807, 2.05) is 20.8 Å². The summed E-state index contributed by atoms with van der Waals surface area (Å²) in [4.78, 5) is 0. The van der Waals surface area contributed by atoms with Gasteiger partial charge in [0.05, 0.1) is 30.5 Å². The molecule has 5 aliphatic rings. The zero-order valence-electron chi connectivity index (χ0n) is 29.5. The summed E-state index contributed by atoms with van der Waals surface area (Å²) in [6, 6.07) is 0. The van der Waals surface area contributed by atoms with Crippen molar-refractivity contribution in [3.63, 3.8) is 0 Å². The molecule has 272 valence electrons. The second kappa shape index (κ2) is 12.5. The van der Waals surface area contributed by atoms with E-state index in [1.54, 1.807) is 6.08 Å². The minimum Gasteiger partial charge on any atom is -0.394 e. The van der Waals surface area contributed by atoms with Crippen molar-refractivity contribution in [1.82, 2.24) is 0 Å². The van der Waals surface area contributed by atoms with Crippen LogP contribution in [0.1, 0.15) is 93.9 Å². The van der Waals surface area contributed by atoms with Crippen LogP contribution in [-0.2, 0) is 9.47 Å². The van der Waals surface area contributed by atoms with Gasteiger partial charge < -0.3 is 55.4 Å². The Morgan fingerprint density at radius 1 is 0.936 bits per heavy atom. The van der Waals surface area contributed by atoms with Crippen LogP contribution in [0.25, 0.3) is 0 Å². The lowest BCUT2D eigenvalue weighted by atomic mass is 9.34. The summed E-state index contributed by atoms with van der Waals surface area (Å²) >= 11 is 0. The fraction of sp³-hybridized carbons (Fsp3) is 0.944. The van der Waals surface area contributed by atoms with Gasteiger partial charge in [0.1, 0.15) is 36.6 Å². The molecule has 1 saturated heterocycles. The summed E-state index contributed by atoms with van der Waals surface area (Å²) in [6.07, 6.45) is -5.82. The van der Waals surface area contributed by atoms with Gasteiger partial charge in [-0.05, 0) is 105 Å². The molecule has 1 aliphatic heterocycles. The van der Waals surface area contributed by atoms with Crippen LogP contribution in [0.5, 0.6) is 0 Å². The van der Waals surface area contributed by atoms with E-state index in [2.05, 4.69) is 20.8 Å². The number of fused-ring (bicyclic) bond motifs is 5. The normalized spacial score (nSPS) is 51.5. The van der Waals surface area contributed by atoms with E-state index in [0.29, 0.717) is 25.7 Å². The lowest BCUT2D eigenvalue weighted by molar-refractivity contribution is -0.346. The number of hydrogen-bond acceptors (Lipinski definition) is 11. The van der Waals surface area contributed by atoms with Gasteiger partial charge in [-0.2, -0.15) is 0 Å². The molecule has 0 unspecified atom stereocenters. The summed E-state index contributed by atoms with van der Waals surface area (Å²) in [5.41, 5.74) is -2.34. The van der Waals surface area contributed by atoms with E-state index in [1.165, 1.54) is 13.8 Å². The number of allylic oxidation sites excluding steroid dienone is 1. The van der Waals surface area contributed by atoms with Crippen molar-refractivity contribution in [2.24, 2.45) is 45.3 Å². The number of aliphatic hydroxyl groups excluding tert-OH is 8. The van der Waals surface area contributed by atoms with Crippen molar-refractivity contribution in [2.45, 2.75) is 161 Å². The minimum absolute atomic E-state index is 0.0589. The fourth-order valence-electron chi connectivity index (χ4n) is 11.8. The Hall–Kier alpha value is -0.700. The monoisotopic (exact) mass is 670 g/mol. The Labute approximate surface area is 279 Å². The molecule has 47 heavy (non-hydrogen) atoms. The van der Waals surface area contributed by atoms with Gasteiger partial charge in [0.2, 0.25) is 0 Å². The van der Waals surface area contributed by atoms with E-state index in [-0.39, 0.29) is 39.9 Å². The van der Waals surface area contributed by atoms with Crippen molar-refractivity contribution >= 4 is 0 Å². The fourth-order valence-corrected chi connectivity index (χ4v) is 11.8. The van der Waals surface area contributed by atoms with Crippen LogP contribution in [0.4, 0.5) is 0 Å². The third kappa shape index (κ3) is 5.77. The molecule has 11 heteroatoms. The van der Waals surface area contributed by atoms with Crippen LogP contribution in [0.2, 0.25) is 0 Å². The Balaban J connectivity index is 1.54. The van der Waals surface area contributed by atoms with Gasteiger partial charge >= 0.3 is 0 Å².